The molecule has 0 saturated heterocycles. The van der Waals surface area contributed by atoms with Crippen LogP contribution in [-0.4, -0.2) is 14.9 Å². The molecule has 2 N–H and O–H groups in total. The molecular formula is C13H14N4O2S. The Labute approximate surface area is 120 Å². The van der Waals surface area contributed by atoms with Crippen LogP contribution in [0.25, 0.3) is 0 Å². The van der Waals surface area contributed by atoms with E-state index < -0.39 is 4.92 Å². The van der Waals surface area contributed by atoms with E-state index in [4.69, 9.17) is 5.73 Å². The number of hydrogen-bond donors (Lipinski definition) is 1. The predicted octanol–water partition coefficient (Wildman–Crippen LogP) is 2.99. The molecule has 0 radical (unpaired) electrons. The minimum Gasteiger partial charge on any atom is -0.383 e. The number of nitrogens with zero attached hydrogens (tertiary/aromatic N) is 3. The number of rotatable bonds is 4. The quantitative estimate of drug-likeness (QED) is 0.528. The highest BCUT2D eigenvalue weighted by molar-refractivity contribution is 7.99. The number of hydrogen-bond acceptors (Lipinski definition) is 6. The summed E-state index contributed by atoms with van der Waals surface area (Å²) in [6.07, 6.45) is 0.662. The van der Waals surface area contributed by atoms with E-state index in [9.17, 15) is 10.1 Å². The van der Waals surface area contributed by atoms with Gasteiger partial charge in [0.05, 0.1) is 9.82 Å². The second kappa shape index (κ2) is 5.87. The minimum atomic E-state index is -0.400. The van der Waals surface area contributed by atoms with Crippen molar-refractivity contribution in [2.45, 2.75) is 30.2 Å². The summed E-state index contributed by atoms with van der Waals surface area (Å²) < 4.78 is 0. The summed E-state index contributed by atoms with van der Waals surface area (Å²) in [5.41, 5.74) is 6.65. The van der Waals surface area contributed by atoms with Crippen molar-refractivity contribution in [3.8, 4) is 0 Å². The molecule has 6 nitrogen and oxygen atoms in total. The lowest BCUT2D eigenvalue weighted by Crippen LogP contribution is -2.03. The van der Waals surface area contributed by atoms with Gasteiger partial charge >= 0.3 is 0 Å². The van der Waals surface area contributed by atoms with Crippen molar-refractivity contribution in [1.82, 2.24) is 9.97 Å². The van der Waals surface area contributed by atoms with Gasteiger partial charge in [-0.05, 0) is 13.0 Å². The molecule has 0 unspecified atom stereocenters. The summed E-state index contributed by atoms with van der Waals surface area (Å²) in [6.45, 7) is 3.75. The molecule has 0 amide bonds. The van der Waals surface area contributed by atoms with E-state index in [1.807, 2.05) is 13.8 Å². The van der Waals surface area contributed by atoms with Crippen molar-refractivity contribution in [2.24, 2.45) is 0 Å². The lowest BCUT2D eigenvalue weighted by atomic mass is 10.3. The number of nitrogens with two attached hydrogens (primary N) is 1. The van der Waals surface area contributed by atoms with Crippen LogP contribution in [0.1, 0.15) is 18.3 Å². The smallest absolute Gasteiger partial charge is 0.283 e. The van der Waals surface area contributed by atoms with Crippen LogP contribution in [0.15, 0.2) is 34.2 Å². The fourth-order valence-electron chi connectivity index (χ4n) is 1.61. The van der Waals surface area contributed by atoms with Crippen molar-refractivity contribution in [2.75, 3.05) is 5.73 Å². The van der Waals surface area contributed by atoms with Crippen LogP contribution in [0.5, 0.6) is 0 Å². The van der Waals surface area contributed by atoms with Gasteiger partial charge in [-0.15, -0.1) is 0 Å². The fourth-order valence-corrected chi connectivity index (χ4v) is 2.63. The molecule has 0 aliphatic heterocycles. The van der Waals surface area contributed by atoms with Crippen LogP contribution in [-0.2, 0) is 6.42 Å². The molecule has 7 heteroatoms. The van der Waals surface area contributed by atoms with Gasteiger partial charge in [0.25, 0.3) is 5.69 Å². The summed E-state index contributed by atoms with van der Waals surface area (Å²) in [7, 11) is 0. The Kier molecular flexibility index (Phi) is 4.19. The Balaban J connectivity index is 2.45. The zero-order valence-corrected chi connectivity index (χ0v) is 12.0. The van der Waals surface area contributed by atoms with E-state index in [1.54, 1.807) is 18.2 Å². The maximum Gasteiger partial charge on any atom is 0.283 e. The summed E-state index contributed by atoms with van der Waals surface area (Å²) >= 11 is 1.24. The third-order valence-electron chi connectivity index (χ3n) is 2.77. The highest BCUT2D eigenvalue weighted by Gasteiger charge is 2.17. The largest absolute Gasteiger partial charge is 0.383 e. The number of aryl methyl sites for hydroxylation is 1. The second-order valence-electron chi connectivity index (χ2n) is 4.14. The van der Waals surface area contributed by atoms with Gasteiger partial charge in [0.1, 0.15) is 16.7 Å². The monoisotopic (exact) mass is 290 g/mol. The van der Waals surface area contributed by atoms with Crippen LogP contribution >= 0.6 is 11.8 Å². The van der Waals surface area contributed by atoms with Crippen molar-refractivity contribution >= 4 is 23.3 Å². The molecule has 1 aromatic carbocycles. The van der Waals surface area contributed by atoms with E-state index >= 15 is 0 Å². The predicted molar refractivity (Wildman–Crippen MR) is 77.8 cm³/mol. The van der Waals surface area contributed by atoms with Gasteiger partial charge in [-0.2, -0.15) is 0 Å². The zero-order chi connectivity index (χ0) is 14.7. The third kappa shape index (κ3) is 2.88. The molecule has 0 spiro atoms. The SMILES string of the molecule is CCc1nc(N)c(C)c(Sc2ccccc2[N+](=O)[O-])n1. The van der Waals surface area contributed by atoms with Gasteiger partial charge in [-0.3, -0.25) is 10.1 Å². The molecule has 2 rings (SSSR count). The third-order valence-corrected chi connectivity index (χ3v) is 3.93. The number of anilines is 1. The molecule has 0 aliphatic rings. The second-order valence-corrected chi connectivity index (χ2v) is 5.17. The number of nitro groups is 1. The van der Waals surface area contributed by atoms with Gasteiger partial charge in [0.15, 0.2) is 0 Å². The first-order valence-corrected chi connectivity index (χ1v) is 6.88. The van der Waals surface area contributed by atoms with E-state index in [-0.39, 0.29) is 5.69 Å². The van der Waals surface area contributed by atoms with Gasteiger partial charge in [0, 0.05) is 18.1 Å². The number of para-hydroxylation sites is 1. The Morgan fingerprint density at radius 3 is 2.70 bits per heavy atom. The van der Waals surface area contributed by atoms with Crippen LogP contribution in [0, 0.1) is 17.0 Å². The van der Waals surface area contributed by atoms with Gasteiger partial charge in [-0.25, -0.2) is 9.97 Å². The summed E-state index contributed by atoms with van der Waals surface area (Å²) in [4.78, 5) is 19.7. The van der Waals surface area contributed by atoms with Gasteiger partial charge < -0.3 is 5.73 Å². The van der Waals surface area contributed by atoms with E-state index in [0.717, 1.165) is 5.56 Å². The average molecular weight is 290 g/mol. The fraction of sp³-hybridized carbons (Fsp3) is 0.231. The highest BCUT2D eigenvalue weighted by atomic mass is 32.2. The van der Waals surface area contributed by atoms with Crippen molar-refractivity contribution < 1.29 is 4.92 Å². The van der Waals surface area contributed by atoms with Gasteiger partial charge in [-0.1, -0.05) is 30.8 Å². The van der Waals surface area contributed by atoms with E-state index in [1.165, 1.54) is 17.8 Å². The number of aromatic nitrogens is 2. The van der Waals surface area contributed by atoms with Crippen LogP contribution in [0.3, 0.4) is 0 Å². The van der Waals surface area contributed by atoms with Crippen molar-refractivity contribution in [3.05, 3.63) is 45.8 Å². The summed E-state index contributed by atoms with van der Waals surface area (Å²) in [6, 6.07) is 6.58. The lowest BCUT2D eigenvalue weighted by molar-refractivity contribution is -0.387. The number of benzene rings is 1. The first-order chi connectivity index (χ1) is 9.52. The molecule has 1 heterocycles. The minimum absolute atomic E-state index is 0.0622. The topological polar surface area (TPSA) is 94.9 Å². The molecular weight excluding hydrogens is 276 g/mol. The molecule has 2 aromatic rings. The maximum absolute atomic E-state index is 11.0. The summed E-state index contributed by atoms with van der Waals surface area (Å²) in [5.74, 6) is 1.05. The normalized spacial score (nSPS) is 10.5. The zero-order valence-electron chi connectivity index (χ0n) is 11.2. The first-order valence-electron chi connectivity index (χ1n) is 6.07. The average Bonchev–Trinajstić information content (AvgIpc) is 2.44. The van der Waals surface area contributed by atoms with Crippen molar-refractivity contribution in [3.63, 3.8) is 0 Å². The molecule has 0 saturated carbocycles. The molecule has 20 heavy (non-hydrogen) atoms. The highest BCUT2D eigenvalue weighted by Crippen LogP contribution is 2.35. The van der Waals surface area contributed by atoms with E-state index in [0.29, 0.717) is 28.0 Å². The molecule has 0 aliphatic carbocycles. The van der Waals surface area contributed by atoms with Gasteiger partial charge in [0.2, 0.25) is 0 Å². The maximum atomic E-state index is 11.0. The Morgan fingerprint density at radius 1 is 1.35 bits per heavy atom. The molecule has 0 bridgehead atoms. The van der Waals surface area contributed by atoms with Crippen LogP contribution < -0.4 is 5.73 Å². The van der Waals surface area contributed by atoms with Crippen molar-refractivity contribution in [1.29, 1.82) is 0 Å². The standard InChI is InChI=1S/C13H14N4O2S/c1-3-11-15-12(14)8(2)13(16-11)20-10-7-5-4-6-9(10)17(18)19/h4-7H,3H2,1-2H3,(H2,14,15,16). The summed E-state index contributed by atoms with van der Waals surface area (Å²) in [5, 5.41) is 11.7. The molecule has 1 aromatic heterocycles. The molecule has 0 fully saturated rings. The van der Waals surface area contributed by atoms with E-state index in [2.05, 4.69) is 9.97 Å². The number of nitrogen functional groups attached to an aromatic ring is 1. The number of nitro benzene ring substituents is 1. The Morgan fingerprint density at radius 2 is 2.05 bits per heavy atom. The molecule has 0 atom stereocenters. The van der Waals surface area contributed by atoms with Crippen LogP contribution in [0.4, 0.5) is 11.5 Å². The Hall–Kier alpha value is -2.15. The lowest BCUT2D eigenvalue weighted by Gasteiger charge is -2.09. The molecule has 104 valence electrons. The Bertz CT molecular complexity index is 661. The van der Waals surface area contributed by atoms with Crippen LogP contribution in [0.2, 0.25) is 0 Å². The first kappa shape index (κ1) is 14.3.